The summed E-state index contributed by atoms with van der Waals surface area (Å²) in [5, 5.41) is 5.28. The molecule has 0 spiro atoms. The van der Waals surface area contributed by atoms with E-state index in [-0.39, 0.29) is 17.7 Å². The molecule has 1 aliphatic heterocycles. The van der Waals surface area contributed by atoms with Crippen LogP contribution < -0.4 is 15.4 Å². The molecule has 11 heteroatoms. The van der Waals surface area contributed by atoms with Crippen LogP contribution in [0.25, 0.3) is 0 Å². The summed E-state index contributed by atoms with van der Waals surface area (Å²) in [7, 11) is 0. The molecule has 1 saturated heterocycles. The number of hydrogen-bond donors (Lipinski definition) is 2. The number of amides is 2. The van der Waals surface area contributed by atoms with E-state index in [9.17, 15) is 26.7 Å². The Balaban J connectivity index is 1.76. The zero-order valence-corrected chi connectivity index (χ0v) is 13.9. The molecule has 1 fully saturated rings. The third-order valence-electron chi connectivity index (χ3n) is 3.56. The van der Waals surface area contributed by atoms with Crippen molar-refractivity contribution in [2.75, 3.05) is 24.3 Å². The minimum atomic E-state index is -4.76. The van der Waals surface area contributed by atoms with E-state index in [1.54, 1.807) is 4.90 Å². The van der Waals surface area contributed by atoms with E-state index in [1.807, 2.05) is 0 Å². The average molecular weight is 380 g/mol. The maximum absolute atomic E-state index is 12.1. The summed E-state index contributed by atoms with van der Waals surface area (Å²) in [4.78, 5) is 13.7. The first-order valence-corrected chi connectivity index (χ1v) is 8.67. The van der Waals surface area contributed by atoms with Crippen LogP contribution in [0.15, 0.2) is 24.3 Å². The highest BCUT2D eigenvalue weighted by Gasteiger charge is 2.31. The van der Waals surface area contributed by atoms with Gasteiger partial charge in [-0.1, -0.05) is 0 Å². The number of likely N-dealkylation sites (tertiary alicyclic amines) is 1. The van der Waals surface area contributed by atoms with Crippen molar-refractivity contribution in [1.82, 2.24) is 10.2 Å². The Kier molecular flexibility index (Phi) is 6.62. The fraction of sp³-hybridized carbons (Fsp3) is 0.500. The third-order valence-corrected chi connectivity index (χ3v) is 4.13. The molecule has 1 atom stereocenters. The lowest BCUT2D eigenvalue weighted by Gasteiger charge is -2.32. The Hall–Kier alpha value is -1.85. The molecule has 0 saturated carbocycles. The maximum atomic E-state index is 12.1. The predicted molar refractivity (Wildman–Crippen MR) is 83.7 cm³/mol. The first-order valence-electron chi connectivity index (χ1n) is 7.43. The number of urea groups is 1. The molecule has 2 amide bonds. The smallest absolute Gasteiger partial charge is 0.573 e. The molecule has 0 bridgehead atoms. The first kappa shape index (κ1) is 19.5. The summed E-state index contributed by atoms with van der Waals surface area (Å²) in [5.41, 5.74) is 0.325. The van der Waals surface area contributed by atoms with Gasteiger partial charge in [-0.15, -0.1) is 13.2 Å². The number of benzene rings is 1. The Morgan fingerprint density at radius 1 is 1.28 bits per heavy atom. The molecule has 1 heterocycles. The lowest BCUT2D eigenvalue weighted by molar-refractivity contribution is -0.274. The molecule has 0 radical (unpaired) electrons. The molecule has 0 aromatic heterocycles. The van der Waals surface area contributed by atoms with Gasteiger partial charge in [0.15, 0.2) is 0 Å². The lowest BCUT2D eigenvalue weighted by Crippen LogP contribution is -2.46. The van der Waals surface area contributed by atoms with Crippen LogP contribution in [0.5, 0.6) is 5.75 Å². The number of carbonyl (C=O) groups excluding carboxylic acids is 1. The van der Waals surface area contributed by atoms with Crippen LogP contribution in [0.1, 0.15) is 12.8 Å². The van der Waals surface area contributed by atoms with Gasteiger partial charge in [-0.05, 0) is 48.2 Å². The van der Waals surface area contributed by atoms with E-state index in [2.05, 4.69) is 15.4 Å². The van der Waals surface area contributed by atoms with Gasteiger partial charge in [0.25, 0.3) is 0 Å². The molecule has 1 unspecified atom stereocenters. The van der Waals surface area contributed by atoms with Gasteiger partial charge in [0, 0.05) is 24.8 Å². The van der Waals surface area contributed by atoms with Crippen molar-refractivity contribution in [2.45, 2.75) is 25.2 Å². The van der Waals surface area contributed by atoms with Gasteiger partial charge in [-0.3, -0.25) is 9.11 Å². The number of hydrogen-bond acceptors (Lipinski definition) is 5. The zero-order valence-electron chi connectivity index (χ0n) is 13.0. The van der Waals surface area contributed by atoms with E-state index < -0.39 is 23.5 Å². The molecule has 2 rings (SSSR count). The molecule has 140 valence electrons. The summed E-state index contributed by atoms with van der Waals surface area (Å²) in [6.07, 6.45) is -3.54. The summed E-state index contributed by atoms with van der Waals surface area (Å²) < 4.78 is 61.2. The largest absolute Gasteiger partial charge is 0.771 e. The van der Waals surface area contributed by atoms with Gasteiger partial charge >= 0.3 is 12.4 Å². The second kappa shape index (κ2) is 8.50. The maximum Gasteiger partial charge on any atom is 0.573 e. The number of anilines is 1. The van der Waals surface area contributed by atoms with E-state index in [4.69, 9.17) is 0 Å². The van der Waals surface area contributed by atoms with Gasteiger partial charge in [-0.2, -0.15) is 0 Å². The monoisotopic (exact) mass is 380 g/mol. The summed E-state index contributed by atoms with van der Waals surface area (Å²) in [6.45, 7) is 1.12. The second-order valence-electron chi connectivity index (χ2n) is 5.50. The van der Waals surface area contributed by atoms with Gasteiger partial charge in [0.2, 0.25) is 0 Å². The lowest BCUT2D eigenvalue weighted by atomic mass is 10.1. The van der Waals surface area contributed by atoms with Crippen LogP contribution in [0.3, 0.4) is 0 Å². The van der Waals surface area contributed by atoms with Crippen LogP contribution in [-0.4, -0.2) is 51.1 Å². The number of alkyl halides is 3. The van der Waals surface area contributed by atoms with Gasteiger partial charge in [0.05, 0.1) is 5.88 Å². The van der Waals surface area contributed by atoms with E-state index >= 15 is 0 Å². The van der Waals surface area contributed by atoms with Crippen LogP contribution >= 0.6 is 0 Å². The fourth-order valence-electron chi connectivity index (χ4n) is 2.45. The minimum Gasteiger partial charge on any atom is -0.771 e. The Morgan fingerprint density at radius 2 is 1.88 bits per heavy atom. The van der Waals surface area contributed by atoms with E-state index in [0.717, 1.165) is 12.1 Å². The van der Waals surface area contributed by atoms with Gasteiger partial charge < -0.3 is 19.9 Å². The summed E-state index contributed by atoms with van der Waals surface area (Å²) in [6, 6.07) is 4.23. The average Bonchev–Trinajstić information content (AvgIpc) is 2.49. The highest BCUT2D eigenvalue weighted by Crippen LogP contribution is 2.24. The third kappa shape index (κ3) is 7.28. The van der Waals surface area contributed by atoms with Crippen molar-refractivity contribution in [1.29, 1.82) is 0 Å². The Bertz CT molecular complexity index is 604. The number of rotatable bonds is 5. The fourth-order valence-corrected chi connectivity index (χ4v) is 3.00. The number of nitrogens with zero attached hydrogens (tertiary/aromatic N) is 1. The molecule has 1 aromatic carbocycles. The Labute approximate surface area is 144 Å². The van der Waals surface area contributed by atoms with Crippen LogP contribution in [0.4, 0.5) is 23.7 Å². The molecule has 7 nitrogen and oxygen atoms in total. The van der Waals surface area contributed by atoms with E-state index in [0.29, 0.717) is 31.6 Å². The van der Waals surface area contributed by atoms with Gasteiger partial charge in [0.1, 0.15) is 5.75 Å². The predicted octanol–water partition coefficient (Wildman–Crippen LogP) is 2.01. The van der Waals surface area contributed by atoms with Crippen molar-refractivity contribution < 1.29 is 31.5 Å². The molecule has 0 aliphatic carbocycles. The first-order chi connectivity index (χ1) is 11.7. The van der Waals surface area contributed by atoms with Crippen LogP contribution in [-0.2, 0) is 11.1 Å². The van der Waals surface area contributed by atoms with Crippen molar-refractivity contribution in [3.05, 3.63) is 24.3 Å². The zero-order chi connectivity index (χ0) is 18.4. The molecular formula is C14H17F3N3O4S-. The highest BCUT2D eigenvalue weighted by molar-refractivity contribution is 7.79. The highest BCUT2D eigenvalue weighted by atomic mass is 32.2. The molecular weight excluding hydrogens is 363 g/mol. The van der Waals surface area contributed by atoms with Crippen LogP contribution in [0, 0.1) is 0 Å². The number of halogens is 3. The van der Waals surface area contributed by atoms with Crippen molar-refractivity contribution >= 4 is 22.8 Å². The molecule has 25 heavy (non-hydrogen) atoms. The van der Waals surface area contributed by atoms with Crippen molar-refractivity contribution in [3.8, 4) is 5.75 Å². The summed E-state index contributed by atoms with van der Waals surface area (Å²) >= 11 is -2.12. The number of carbonyl (C=O) groups is 1. The molecule has 2 N–H and O–H groups in total. The summed E-state index contributed by atoms with van der Waals surface area (Å²) in [5.74, 6) is -0.396. The number of nitrogens with one attached hydrogen (secondary N) is 2. The normalized spacial score (nSPS) is 17.8. The SMILES string of the molecule is O=C(Nc1ccc(OC(F)(F)F)cc1)NC1CCN(CS(=O)[O-])CC1. The molecule has 1 aliphatic rings. The topological polar surface area (TPSA) is 93.7 Å². The standard InChI is InChI=1S/C14H18F3N3O4S/c15-14(16,17)24-12-3-1-10(2-4-12)18-13(21)19-11-5-7-20(8-6-11)9-25(22)23/h1-4,11H,5-9H2,(H,22,23)(H2,18,19,21)/p-1. The Morgan fingerprint density at radius 3 is 2.40 bits per heavy atom. The molecule has 1 aromatic rings. The van der Waals surface area contributed by atoms with Crippen LogP contribution in [0.2, 0.25) is 0 Å². The second-order valence-corrected chi connectivity index (χ2v) is 6.36. The van der Waals surface area contributed by atoms with Crippen molar-refractivity contribution in [2.24, 2.45) is 0 Å². The van der Waals surface area contributed by atoms with Gasteiger partial charge in [-0.25, -0.2) is 4.79 Å². The quantitative estimate of drug-likeness (QED) is 0.762. The minimum absolute atomic E-state index is 0.0226. The number of ether oxygens (including phenoxy) is 1. The van der Waals surface area contributed by atoms with Crippen molar-refractivity contribution in [3.63, 3.8) is 0 Å². The number of piperidine rings is 1. The van der Waals surface area contributed by atoms with E-state index in [1.165, 1.54) is 12.1 Å².